The van der Waals surface area contributed by atoms with Crippen LogP contribution < -0.4 is 0 Å². The van der Waals surface area contributed by atoms with Crippen molar-refractivity contribution >= 4 is 11.8 Å². The van der Waals surface area contributed by atoms with Gasteiger partial charge in [-0.1, -0.05) is 0 Å². The van der Waals surface area contributed by atoms with E-state index in [0.29, 0.717) is 24.2 Å². The van der Waals surface area contributed by atoms with E-state index in [9.17, 15) is 9.59 Å². The number of pyridine rings is 1. The molecule has 0 aliphatic carbocycles. The van der Waals surface area contributed by atoms with E-state index in [1.807, 2.05) is 18.7 Å². The third-order valence-electron chi connectivity index (χ3n) is 3.68. The fraction of sp³-hybridized carbons (Fsp3) is 0.533. The van der Waals surface area contributed by atoms with E-state index in [4.69, 9.17) is 0 Å². The maximum absolute atomic E-state index is 12.3. The standard InChI is InChI=1S/C15H21N3O2/c1-3-17(4-2)14(19)12-9-13(11-16-10-12)15(20)18-7-5-6-8-18/h9-11H,3-8H2,1-2H3. The summed E-state index contributed by atoms with van der Waals surface area (Å²) in [5.74, 6) is -0.0947. The Hall–Kier alpha value is -1.91. The number of nitrogens with zero attached hydrogens (tertiary/aromatic N) is 3. The third kappa shape index (κ3) is 2.98. The molecule has 1 aliphatic heterocycles. The first-order chi connectivity index (χ1) is 9.67. The van der Waals surface area contributed by atoms with E-state index < -0.39 is 0 Å². The topological polar surface area (TPSA) is 53.5 Å². The SMILES string of the molecule is CCN(CC)C(=O)c1cncc(C(=O)N2CCCC2)c1. The highest BCUT2D eigenvalue weighted by Crippen LogP contribution is 2.14. The predicted molar refractivity (Wildman–Crippen MR) is 76.6 cm³/mol. The van der Waals surface area contributed by atoms with Crippen molar-refractivity contribution in [3.63, 3.8) is 0 Å². The minimum absolute atomic E-state index is 0.0239. The molecule has 1 saturated heterocycles. The first-order valence-electron chi connectivity index (χ1n) is 7.21. The van der Waals surface area contributed by atoms with Crippen molar-refractivity contribution in [1.82, 2.24) is 14.8 Å². The average molecular weight is 275 g/mol. The van der Waals surface area contributed by atoms with Crippen LogP contribution in [0.25, 0.3) is 0 Å². The second-order valence-electron chi connectivity index (χ2n) is 4.94. The van der Waals surface area contributed by atoms with Crippen LogP contribution in [0.15, 0.2) is 18.5 Å². The summed E-state index contributed by atoms with van der Waals surface area (Å²) in [7, 11) is 0. The molecule has 0 aromatic carbocycles. The zero-order valence-corrected chi connectivity index (χ0v) is 12.1. The highest BCUT2D eigenvalue weighted by Gasteiger charge is 2.21. The third-order valence-corrected chi connectivity index (χ3v) is 3.68. The van der Waals surface area contributed by atoms with Crippen LogP contribution in [0.5, 0.6) is 0 Å². The Morgan fingerprint density at radius 1 is 1.15 bits per heavy atom. The van der Waals surface area contributed by atoms with Gasteiger partial charge in [0.25, 0.3) is 11.8 Å². The van der Waals surface area contributed by atoms with Crippen LogP contribution in [0.1, 0.15) is 47.4 Å². The van der Waals surface area contributed by atoms with E-state index in [1.165, 1.54) is 6.20 Å². The lowest BCUT2D eigenvalue weighted by Gasteiger charge is -2.19. The van der Waals surface area contributed by atoms with Crippen molar-refractivity contribution in [2.75, 3.05) is 26.2 Å². The predicted octanol–water partition coefficient (Wildman–Crippen LogP) is 1.80. The van der Waals surface area contributed by atoms with Gasteiger partial charge in [-0.25, -0.2) is 0 Å². The summed E-state index contributed by atoms with van der Waals surface area (Å²) >= 11 is 0. The second kappa shape index (κ2) is 6.50. The minimum Gasteiger partial charge on any atom is -0.339 e. The number of aromatic nitrogens is 1. The summed E-state index contributed by atoms with van der Waals surface area (Å²) in [5, 5.41) is 0. The van der Waals surface area contributed by atoms with Gasteiger partial charge in [-0.15, -0.1) is 0 Å². The molecule has 5 heteroatoms. The van der Waals surface area contributed by atoms with Crippen molar-refractivity contribution in [2.45, 2.75) is 26.7 Å². The van der Waals surface area contributed by atoms with Gasteiger partial charge in [-0.05, 0) is 32.8 Å². The molecule has 1 fully saturated rings. The van der Waals surface area contributed by atoms with Gasteiger partial charge in [-0.2, -0.15) is 0 Å². The maximum atomic E-state index is 12.3. The molecule has 0 spiro atoms. The van der Waals surface area contributed by atoms with Crippen molar-refractivity contribution in [3.8, 4) is 0 Å². The lowest BCUT2D eigenvalue weighted by molar-refractivity contribution is 0.0772. The zero-order valence-electron chi connectivity index (χ0n) is 12.1. The monoisotopic (exact) mass is 275 g/mol. The van der Waals surface area contributed by atoms with Gasteiger partial charge in [0.05, 0.1) is 11.1 Å². The number of likely N-dealkylation sites (tertiary alicyclic amines) is 1. The fourth-order valence-corrected chi connectivity index (χ4v) is 2.47. The van der Waals surface area contributed by atoms with Crippen LogP contribution in [0.4, 0.5) is 0 Å². The highest BCUT2D eigenvalue weighted by atomic mass is 16.2. The number of amides is 2. The molecule has 2 rings (SSSR count). The van der Waals surface area contributed by atoms with Gasteiger partial charge in [0.2, 0.25) is 0 Å². The Bertz CT molecular complexity index is 462. The van der Waals surface area contributed by atoms with E-state index in [1.54, 1.807) is 17.2 Å². The van der Waals surface area contributed by atoms with Gasteiger partial charge >= 0.3 is 0 Å². The van der Waals surface area contributed by atoms with Gasteiger partial charge in [0, 0.05) is 38.6 Å². The molecule has 20 heavy (non-hydrogen) atoms. The Morgan fingerprint density at radius 3 is 2.35 bits per heavy atom. The molecule has 0 bridgehead atoms. The number of carbonyl (C=O) groups excluding carboxylic acids is 2. The summed E-state index contributed by atoms with van der Waals surface area (Å²) in [6.07, 6.45) is 5.18. The first kappa shape index (κ1) is 14.5. The van der Waals surface area contributed by atoms with E-state index in [2.05, 4.69) is 4.98 Å². The van der Waals surface area contributed by atoms with E-state index in [0.717, 1.165) is 25.9 Å². The number of hydrogen-bond acceptors (Lipinski definition) is 3. The summed E-state index contributed by atoms with van der Waals surface area (Å²) < 4.78 is 0. The number of carbonyl (C=O) groups is 2. The van der Waals surface area contributed by atoms with Crippen molar-refractivity contribution < 1.29 is 9.59 Å². The van der Waals surface area contributed by atoms with Crippen LogP contribution in [-0.2, 0) is 0 Å². The smallest absolute Gasteiger partial charge is 0.255 e. The van der Waals surface area contributed by atoms with Gasteiger partial charge in [-0.3, -0.25) is 14.6 Å². The van der Waals surface area contributed by atoms with Crippen LogP contribution >= 0.6 is 0 Å². The minimum atomic E-state index is -0.0708. The number of rotatable bonds is 4. The molecular weight excluding hydrogens is 254 g/mol. The van der Waals surface area contributed by atoms with Crippen LogP contribution in [0.3, 0.4) is 0 Å². The Kier molecular flexibility index (Phi) is 4.71. The Labute approximate surface area is 119 Å². The molecular formula is C15H21N3O2. The van der Waals surface area contributed by atoms with Crippen molar-refractivity contribution in [2.24, 2.45) is 0 Å². The molecule has 1 aliphatic rings. The second-order valence-corrected chi connectivity index (χ2v) is 4.94. The van der Waals surface area contributed by atoms with E-state index >= 15 is 0 Å². The lowest BCUT2D eigenvalue weighted by atomic mass is 10.1. The molecule has 2 amide bonds. The Balaban J connectivity index is 2.19. The largest absolute Gasteiger partial charge is 0.339 e. The van der Waals surface area contributed by atoms with Crippen LogP contribution in [0, 0.1) is 0 Å². The molecule has 1 aromatic heterocycles. The highest BCUT2D eigenvalue weighted by molar-refractivity contribution is 5.99. The fourth-order valence-electron chi connectivity index (χ4n) is 2.47. The molecule has 0 N–H and O–H groups in total. The quantitative estimate of drug-likeness (QED) is 0.842. The van der Waals surface area contributed by atoms with E-state index in [-0.39, 0.29) is 11.8 Å². The summed E-state index contributed by atoms with van der Waals surface area (Å²) in [6, 6.07) is 1.66. The zero-order chi connectivity index (χ0) is 14.5. The molecule has 0 unspecified atom stereocenters. The lowest BCUT2D eigenvalue weighted by Crippen LogP contribution is -2.31. The van der Waals surface area contributed by atoms with Crippen molar-refractivity contribution in [3.05, 3.63) is 29.6 Å². The van der Waals surface area contributed by atoms with Gasteiger partial charge < -0.3 is 9.80 Å². The molecule has 2 heterocycles. The maximum Gasteiger partial charge on any atom is 0.255 e. The number of hydrogen-bond donors (Lipinski definition) is 0. The molecule has 1 aromatic rings. The summed E-state index contributed by atoms with van der Waals surface area (Å²) in [4.78, 5) is 32.2. The van der Waals surface area contributed by atoms with Gasteiger partial charge in [0.15, 0.2) is 0 Å². The molecule has 0 saturated carbocycles. The molecule has 0 atom stereocenters. The van der Waals surface area contributed by atoms with Crippen LogP contribution in [0.2, 0.25) is 0 Å². The molecule has 5 nitrogen and oxygen atoms in total. The van der Waals surface area contributed by atoms with Crippen LogP contribution in [-0.4, -0.2) is 52.8 Å². The average Bonchev–Trinajstić information content (AvgIpc) is 3.02. The molecule has 108 valence electrons. The first-order valence-corrected chi connectivity index (χ1v) is 7.21. The molecule has 0 radical (unpaired) electrons. The summed E-state index contributed by atoms with van der Waals surface area (Å²) in [5.41, 5.74) is 0.989. The summed E-state index contributed by atoms with van der Waals surface area (Å²) in [6.45, 7) is 6.78. The van der Waals surface area contributed by atoms with Gasteiger partial charge in [0.1, 0.15) is 0 Å². The van der Waals surface area contributed by atoms with Crippen molar-refractivity contribution in [1.29, 1.82) is 0 Å². The Morgan fingerprint density at radius 2 is 1.75 bits per heavy atom. The normalized spacial score (nSPS) is 14.4.